The van der Waals surface area contributed by atoms with E-state index in [9.17, 15) is 17.6 Å². The molecular weight excluding hydrogens is 390 g/mol. The van der Waals surface area contributed by atoms with Gasteiger partial charge in [0.25, 0.3) is 0 Å². The van der Waals surface area contributed by atoms with Crippen LogP contribution >= 0.6 is 0 Å². The first kappa shape index (κ1) is 25.7. The van der Waals surface area contributed by atoms with Crippen molar-refractivity contribution < 1.29 is 17.6 Å². The van der Waals surface area contributed by atoms with Crippen molar-refractivity contribution in [3.8, 4) is 6.07 Å². The largest absolute Gasteiger partial charge is 0.426 e. The van der Waals surface area contributed by atoms with Gasteiger partial charge in [0.2, 0.25) is 5.67 Å². The molecule has 0 saturated heterocycles. The molecule has 0 heterocycles. The van der Waals surface area contributed by atoms with Crippen LogP contribution in [0.4, 0.5) is 17.6 Å². The number of aryl methyl sites for hydroxylation is 1. The Kier molecular flexibility index (Phi) is 7.53. The smallest absolute Gasteiger partial charge is 0.229 e. The summed E-state index contributed by atoms with van der Waals surface area (Å²) in [7, 11) is 0. The number of alkyl halides is 4. The van der Waals surface area contributed by atoms with Gasteiger partial charge >= 0.3 is 6.18 Å². The van der Waals surface area contributed by atoms with Crippen LogP contribution in [0.2, 0.25) is 0 Å². The predicted octanol–water partition coefficient (Wildman–Crippen LogP) is 7.90. The summed E-state index contributed by atoms with van der Waals surface area (Å²) in [5, 5.41) is 8.86. The summed E-state index contributed by atoms with van der Waals surface area (Å²) in [6.07, 6.45) is -4.89. The fourth-order valence-corrected chi connectivity index (χ4v) is 2.66. The van der Waals surface area contributed by atoms with E-state index >= 15 is 0 Å². The molecule has 5 heteroatoms. The Hall–Kier alpha value is -2.35. The van der Waals surface area contributed by atoms with Crippen molar-refractivity contribution in [2.45, 2.75) is 78.1 Å². The molecule has 0 saturated carbocycles. The molecule has 0 aromatic heterocycles. The van der Waals surface area contributed by atoms with Gasteiger partial charge in [-0.15, -0.1) is 0 Å². The van der Waals surface area contributed by atoms with Crippen molar-refractivity contribution in [3.05, 3.63) is 70.3 Å². The lowest BCUT2D eigenvalue weighted by molar-refractivity contribution is -0.228. The van der Waals surface area contributed by atoms with E-state index in [0.717, 1.165) is 16.7 Å². The maximum absolute atomic E-state index is 13.6. The van der Waals surface area contributed by atoms with Gasteiger partial charge in [-0.3, -0.25) is 0 Å². The number of nitrogens with zero attached hydrogens (tertiary/aromatic N) is 1. The quantitative estimate of drug-likeness (QED) is 0.429. The monoisotopic (exact) mass is 421 g/mol. The third-order valence-corrected chi connectivity index (χ3v) is 5.05. The van der Waals surface area contributed by atoms with E-state index in [2.05, 4.69) is 32.9 Å². The number of rotatable bonds is 1. The zero-order valence-electron chi connectivity index (χ0n) is 19.0. The van der Waals surface area contributed by atoms with Crippen LogP contribution < -0.4 is 0 Å². The molecule has 0 amide bonds. The van der Waals surface area contributed by atoms with Gasteiger partial charge in [0, 0.05) is 0 Å². The van der Waals surface area contributed by atoms with Gasteiger partial charge in [-0.05, 0) is 53.0 Å². The topological polar surface area (TPSA) is 23.8 Å². The lowest BCUT2D eigenvalue weighted by Crippen LogP contribution is -2.35. The first-order valence-corrected chi connectivity index (χ1v) is 9.79. The second-order valence-electron chi connectivity index (χ2n) is 9.72. The maximum Gasteiger partial charge on any atom is 0.426 e. The van der Waals surface area contributed by atoms with Gasteiger partial charge in [0.1, 0.15) is 0 Å². The fraction of sp³-hybridized carbons (Fsp3) is 0.480. The zero-order valence-corrected chi connectivity index (χ0v) is 19.0. The first-order valence-electron chi connectivity index (χ1n) is 9.79. The van der Waals surface area contributed by atoms with Gasteiger partial charge < -0.3 is 0 Å². The Labute approximate surface area is 177 Å². The lowest BCUT2D eigenvalue weighted by atomic mass is 9.85. The molecule has 1 nitrogen and oxygen atoms in total. The Bertz CT molecular complexity index is 887. The molecule has 0 aliphatic heterocycles. The molecule has 0 radical (unpaired) electrons. The Balaban J connectivity index is 0.000000311. The van der Waals surface area contributed by atoms with E-state index in [4.69, 9.17) is 5.26 Å². The number of hydrogen-bond acceptors (Lipinski definition) is 1. The molecule has 0 aliphatic carbocycles. The number of halogens is 4. The molecule has 0 spiro atoms. The van der Waals surface area contributed by atoms with Gasteiger partial charge in [-0.2, -0.15) is 18.4 Å². The van der Waals surface area contributed by atoms with Crippen LogP contribution in [0.1, 0.15) is 76.3 Å². The van der Waals surface area contributed by atoms with Gasteiger partial charge in [0.05, 0.1) is 11.6 Å². The molecule has 1 atom stereocenters. The highest BCUT2D eigenvalue weighted by molar-refractivity contribution is 5.41. The molecular formula is C25H31F4N. The van der Waals surface area contributed by atoms with Crippen molar-refractivity contribution in [2.24, 2.45) is 0 Å². The molecule has 0 aliphatic rings. The van der Waals surface area contributed by atoms with E-state index in [1.807, 2.05) is 39.8 Å². The summed E-state index contributed by atoms with van der Waals surface area (Å²) in [5.41, 5.74) is 0.224. The SMILES string of the molecule is CC(C)(C)c1ccc(C(C)(F)C(F)(F)F)cc1.Cc1ccc(C(C)(C)C)cc1C#N. The van der Waals surface area contributed by atoms with Gasteiger partial charge in [-0.25, -0.2) is 4.39 Å². The normalized spacial score (nSPS) is 14.2. The minimum atomic E-state index is -4.89. The first-order chi connectivity index (χ1) is 13.4. The summed E-state index contributed by atoms with van der Waals surface area (Å²) in [6, 6.07) is 13.8. The molecule has 2 aromatic rings. The van der Waals surface area contributed by atoms with Crippen molar-refractivity contribution in [1.82, 2.24) is 0 Å². The summed E-state index contributed by atoms with van der Waals surface area (Å²) in [6.45, 7) is 14.8. The molecule has 2 aromatic carbocycles. The third-order valence-electron chi connectivity index (χ3n) is 5.05. The van der Waals surface area contributed by atoms with E-state index in [-0.39, 0.29) is 16.4 Å². The van der Waals surface area contributed by atoms with E-state index < -0.39 is 11.8 Å². The predicted molar refractivity (Wildman–Crippen MR) is 114 cm³/mol. The van der Waals surface area contributed by atoms with Crippen LogP contribution in [-0.2, 0) is 16.5 Å². The van der Waals surface area contributed by atoms with Crippen molar-refractivity contribution >= 4 is 0 Å². The average Bonchev–Trinajstić information content (AvgIpc) is 2.60. The summed E-state index contributed by atoms with van der Waals surface area (Å²) in [5.74, 6) is 0. The van der Waals surface area contributed by atoms with Gasteiger partial charge in [-0.1, -0.05) is 77.9 Å². The zero-order chi connectivity index (χ0) is 23.5. The van der Waals surface area contributed by atoms with E-state index in [1.165, 1.54) is 17.7 Å². The van der Waals surface area contributed by atoms with Crippen molar-refractivity contribution in [1.29, 1.82) is 5.26 Å². The number of hydrogen-bond donors (Lipinski definition) is 0. The van der Waals surface area contributed by atoms with Crippen LogP contribution in [0, 0.1) is 18.3 Å². The molecule has 1 unspecified atom stereocenters. The highest BCUT2D eigenvalue weighted by Gasteiger charge is 2.53. The second-order valence-corrected chi connectivity index (χ2v) is 9.72. The molecule has 0 N–H and O–H groups in total. The van der Waals surface area contributed by atoms with Crippen LogP contribution in [-0.4, -0.2) is 6.18 Å². The standard InChI is InChI=1S/C13H16F4.C12H15N/c1-11(2,3)9-5-7-10(8-6-9)12(4,14)13(15,16)17;1-9-5-6-11(12(2,3)4)7-10(9)8-13/h5-8H,1-4H3;5-7H,1-4H3. The van der Waals surface area contributed by atoms with Crippen LogP contribution in [0.5, 0.6) is 0 Å². The lowest BCUT2D eigenvalue weighted by Gasteiger charge is -2.25. The van der Waals surface area contributed by atoms with E-state index in [1.54, 1.807) is 12.1 Å². The molecule has 2 rings (SSSR count). The maximum atomic E-state index is 13.6. The molecule has 164 valence electrons. The number of nitriles is 1. The molecule has 0 bridgehead atoms. The third kappa shape index (κ3) is 6.32. The van der Waals surface area contributed by atoms with Crippen molar-refractivity contribution in [3.63, 3.8) is 0 Å². The Morgan fingerprint density at radius 2 is 1.07 bits per heavy atom. The average molecular weight is 422 g/mol. The second kappa shape index (κ2) is 8.79. The molecule has 0 fully saturated rings. The fourth-order valence-electron chi connectivity index (χ4n) is 2.66. The Morgan fingerprint density at radius 3 is 1.43 bits per heavy atom. The summed E-state index contributed by atoms with van der Waals surface area (Å²) < 4.78 is 51.1. The summed E-state index contributed by atoms with van der Waals surface area (Å²) >= 11 is 0. The van der Waals surface area contributed by atoms with Crippen LogP contribution in [0.25, 0.3) is 0 Å². The van der Waals surface area contributed by atoms with E-state index in [0.29, 0.717) is 6.92 Å². The van der Waals surface area contributed by atoms with Crippen molar-refractivity contribution in [2.75, 3.05) is 0 Å². The van der Waals surface area contributed by atoms with Crippen LogP contribution in [0.15, 0.2) is 42.5 Å². The minimum absolute atomic E-state index is 0.124. The number of benzene rings is 2. The minimum Gasteiger partial charge on any atom is -0.229 e. The Morgan fingerprint density at radius 1 is 0.667 bits per heavy atom. The molecule has 30 heavy (non-hydrogen) atoms. The summed E-state index contributed by atoms with van der Waals surface area (Å²) in [4.78, 5) is 0. The highest BCUT2D eigenvalue weighted by atomic mass is 19.4. The highest BCUT2D eigenvalue weighted by Crippen LogP contribution is 2.42. The van der Waals surface area contributed by atoms with Crippen LogP contribution in [0.3, 0.4) is 0 Å². The van der Waals surface area contributed by atoms with Gasteiger partial charge in [0.15, 0.2) is 0 Å².